The van der Waals surface area contributed by atoms with Crippen LogP contribution in [-0.2, 0) is 6.54 Å². The van der Waals surface area contributed by atoms with E-state index in [0.29, 0.717) is 12.2 Å². The molecular weight excluding hydrogens is 326 g/mol. The third-order valence-corrected chi connectivity index (χ3v) is 4.62. The molecule has 26 heavy (non-hydrogen) atoms. The van der Waals surface area contributed by atoms with Gasteiger partial charge in [-0.15, -0.1) is 0 Å². The van der Waals surface area contributed by atoms with E-state index in [4.69, 9.17) is 0 Å². The van der Waals surface area contributed by atoms with Gasteiger partial charge in [0, 0.05) is 37.6 Å². The Morgan fingerprint density at radius 3 is 2.77 bits per heavy atom. The molecule has 3 aromatic rings. The molecule has 1 N–H and O–H groups in total. The summed E-state index contributed by atoms with van der Waals surface area (Å²) >= 11 is 0. The van der Waals surface area contributed by atoms with Crippen molar-refractivity contribution in [2.75, 3.05) is 18.4 Å². The van der Waals surface area contributed by atoms with Crippen molar-refractivity contribution in [3.05, 3.63) is 59.9 Å². The standard InChI is InChI=1S/C20H21N5O/c26-20(25-11-2-1-3-12-25)16-6-4-5-15(13-16)14-23-18-8-7-17-19(24-18)22-10-9-21-17/h4-10,13H,1-3,11-12,14H2,(H,22,23,24). The number of nitrogens with zero attached hydrogens (tertiary/aromatic N) is 4. The molecule has 2 aromatic heterocycles. The molecule has 6 heteroatoms. The summed E-state index contributed by atoms with van der Waals surface area (Å²) in [5.41, 5.74) is 3.19. The fourth-order valence-corrected chi connectivity index (χ4v) is 3.24. The summed E-state index contributed by atoms with van der Waals surface area (Å²) in [6.07, 6.45) is 6.71. The van der Waals surface area contributed by atoms with E-state index >= 15 is 0 Å². The summed E-state index contributed by atoms with van der Waals surface area (Å²) in [5.74, 6) is 0.872. The lowest BCUT2D eigenvalue weighted by atomic mass is 10.1. The minimum atomic E-state index is 0.130. The topological polar surface area (TPSA) is 71.0 Å². The van der Waals surface area contributed by atoms with Gasteiger partial charge in [0.2, 0.25) is 0 Å². The number of pyridine rings is 1. The highest BCUT2D eigenvalue weighted by atomic mass is 16.2. The molecule has 1 saturated heterocycles. The molecule has 3 heterocycles. The van der Waals surface area contributed by atoms with Crippen molar-refractivity contribution in [1.29, 1.82) is 0 Å². The third kappa shape index (κ3) is 3.64. The number of hydrogen-bond acceptors (Lipinski definition) is 5. The van der Waals surface area contributed by atoms with Crippen molar-refractivity contribution >= 4 is 22.9 Å². The molecule has 1 aliphatic rings. The van der Waals surface area contributed by atoms with Gasteiger partial charge in [0.1, 0.15) is 11.3 Å². The molecule has 0 unspecified atom stereocenters. The van der Waals surface area contributed by atoms with Crippen LogP contribution in [0, 0.1) is 0 Å². The predicted molar refractivity (Wildman–Crippen MR) is 101 cm³/mol. The number of carbonyl (C=O) groups is 1. The number of anilines is 1. The zero-order valence-electron chi connectivity index (χ0n) is 14.6. The summed E-state index contributed by atoms with van der Waals surface area (Å²) in [6, 6.07) is 11.6. The SMILES string of the molecule is O=C(c1cccc(CNc2ccc3nccnc3n2)c1)N1CCCCC1. The molecular formula is C20H21N5O. The van der Waals surface area contributed by atoms with Crippen LogP contribution in [0.1, 0.15) is 35.2 Å². The van der Waals surface area contributed by atoms with Gasteiger partial charge in [-0.2, -0.15) is 0 Å². The van der Waals surface area contributed by atoms with Crippen LogP contribution < -0.4 is 5.32 Å². The van der Waals surface area contributed by atoms with Gasteiger partial charge < -0.3 is 10.2 Å². The molecule has 0 atom stereocenters. The van der Waals surface area contributed by atoms with Gasteiger partial charge in [0.15, 0.2) is 5.65 Å². The van der Waals surface area contributed by atoms with E-state index in [0.717, 1.165) is 48.4 Å². The lowest BCUT2D eigenvalue weighted by Crippen LogP contribution is -2.35. The molecule has 0 aliphatic carbocycles. The highest BCUT2D eigenvalue weighted by Gasteiger charge is 2.18. The maximum Gasteiger partial charge on any atom is 0.253 e. The summed E-state index contributed by atoms with van der Waals surface area (Å²) < 4.78 is 0. The first-order valence-electron chi connectivity index (χ1n) is 8.99. The van der Waals surface area contributed by atoms with E-state index in [-0.39, 0.29) is 5.91 Å². The molecule has 1 fully saturated rings. The Kier molecular flexibility index (Phi) is 4.73. The molecule has 0 saturated carbocycles. The Bertz CT molecular complexity index is 921. The van der Waals surface area contributed by atoms with Crippen molar-refractivity contribution in [3.8, 4) is 0 Å². The quantitative estimate of drug-likeness (QED) is 0.784. The smallest absolute Gasteiger partial charge is 0.253 e. The molecule has 1 amide bonds. The largest absolute Gasteiger partial charge is 0.366 e. The number of benzene rings is 1. The number of piperidine rings is 1. The minimum absolute atomic E-state index is 0.130. The first kappa shape index (κ1) is 16.4. The Labute approximate surface area is 152 Å². The van der Waals surface area contributed by atoms with E-state index in [1.807, 2.05) is 41.3 Å². The van der Waals surface area contributed by atoms with Crippen molar-refractivity contribution in [2.24, 2.45) is 0 Å². The summed E-state index contributed by atoms with van der Waals surface area (Å²) in [5, 5.41) is 3.29. The van der Waals surface area contributed by atoms with Crippen LogP contribution in [0.25, 0.3) is 11.2 Å². The van der Waals surface area contributed by atoms with Crippen molar-refractivity contribution in [2.45, 2.75) is 25.8 Å². The zero-order chi connectivity index (χ0) is 17.8. The van der Waals surface area contributed by atoms with Gasteiger partial charge >= 0.3 is 0 Å². The number of fused-ring (bicyclic) bond motifs is 1. The van der Waals surface area contributed by atoms with Crippen molar-refractivity contribution in [3.63, 3.8) is 0 Å². The summed E-state index contributed by atoms with van der Waals surface area (Å²) in [7, 11) is 0. The summed E-state index contributed by atoms with van der Waals surface area (Å²) in [4.78, 5) is 27.5. The van der Waals surface area contributed by atoms with E-state index < -0.39 is 0 Å². The van der Waals surface area contributed by atoms with Crippen molar-refractivity contribution in [1.82, 2.24) is 19.9 Å². The van der Waals surface area contributed by atoms with Crippen LogP contribution in [0.4, 0.5) is 5.82 Å². The highest BCUT2D eigenvalue weighted by molar-refractivity contribution is 5.94. The van der Waals surface area contributed by atoms with E-state index in [1.165, 1.54) is 6.42 Å². The number of aromatic nitrogens is 3. The molecule has 0 radical (unpaired) electrons. The molecule has 1 aromatic carbocycles. The molecule has 0 bridgehead atoms. The van der Waals surface area contributed by atoms with Gasteiger partial charge in [-0.05, 0) is 49.1 Å². The number of amides is 1. The fourth-order valence-electron chi connectivity index (χ4n) is 3.24. The Balaban J connectivity index is 1.45. The van der Waals surface area contributed by atoms with E-state index in [9.17, 15) is 4.79 Å². The number of nitrogens with one attached hydrogen (secondary N) is 1. The number of likely N-dealkylation sites (tertiary alicyclic amines) is 1. The van der Waals surface area contributed by atoms with Crippen molar-refractivity contribution < 1.29 is 4.79 Å². The highest BCUT2D eigenvalue weighted by Crippen LogP contribution is 2.16. The number of carbonyl (C=O) groups excluding carboxylic acids is 1. The van der Waals surface area contributed by atoms with Crippen LogP contribution in [0.5, 0.6) is 0 Å². The lowest BCUT2D eigenvalue weighted by Gasteiger charge is -2.26. The van der Waals surface area contributed by atoms with Gasteiger partial charge in [-0.25, -0.2) is 9.97 Å². The second-order valence-electron chi connectivity index (χ2n) is 6.50. The number of rotatable bonds is 4. The van der Waals surface area contributed by atoms with Crippen LogP contribution in [0.2, 0.25) is 0 Å². The van der Waals surface area contributed by atoms with Crippen LogP contribution in [0.15, 0.2) is 48.8 Å². The lowest BCUT2D eigenvalue weighted by molar-refractivity contribution is 0.0724. The summed E-state index contributed by atoms with van der Waals surface area (Å²) in [6.45, 7) is 2.33. The third-order valence-electron chi connectivity index (χ3n) is 4.62. The Hall–Kier alpha value is -3.02. The average Bonchev–Trinajstić information content (AvgIpc) is 2.72. The Morgan fingerprint density at radius 1 is 1.04 bits per heavy atom. The average molecular weight is 347 g/mol. The molecule has 4 rings (SSSR count). The first-order chi connectivity index (χ1) is 12.8. The zero-order valence-corrected chi connectivity index (χ0v) is 14.6. The van der Waals surface area contributed by atoms with Gasteiger partial charge in [-0.3, -0.25) is 9.78 Å². The minimum Gasteiger partial charge on any atom is -0.366 e. The second-order valence-corrected chi connectivity index (χ2v) is 6.50. The maximum absolute atomic E-state index is 12.7. The fraction of sp³-hybridized carbons (Fsp3) is 0.300. The molecule has 0 spiro atoms. The molecule has 1 aliphatic heterocycles. The van der Waals surface area contributed by atoms with Gasteiger partial charge in [0.05, 0.1) is 0 Å². The maximum atomic E-state index is 12.7. The van der Waals surface area contributed by atoms with Crippen LogP contribution in [-0.4, -0.2) is 38.8 Å². The van der Waals surface area contributed by atoms with Crippen LogP contribution >= 0.6 is 0 Å². The van der Waals surface area contributed by atoms with Crippen LogP contribution in [0.3, 0.4) is 0 Å². The molecule has 6 nitrogen and oxygen atoms in total. The second kappa shape index (κ2) is 7.47. The number of hydrogen-bond donors (Lipinski definition) is 1. The van der Waals surface area contributed by atoms with E-state index in [2.05, 4.69) is 20.3 Å². The van der Waals surface area contributed by atoms with E-state index in [1.54, 1.807) is 12.4 Å². The monoisotopic (exact) mass is 347 g/mol. The molecule has 132 valence electrons. The predicted octanol–water partition coefficient (Wildman–Crippen LogP) is 3.26. The van der Waals surface area contributed by atoms with Gasteiger partial charge in [0.25, 0.3) is 5.91 Å². The van der Waals surface area contributed by atoms with Gasteiger partial charge in [-0.1, -0.05) is 12.1 Å². The Morgan fingerprint density at radius 2 is 1.88 bits per heavy atom. The first-order valence-corrected chi connectivity index (χ1v) is 8.99. The normalized spacial score (nSPS) is 14.4.